The van der Waals surface area contributed by atoms with E-state index in [-0.39, 0.29) is 17.4 Å². The predicted octanol–water partition coefficient (Wildman–Crippen LogP) is 2.65. The summed E-state index contributed by atoms with van der Waals surface area (Å²) in [6.07, 6.45) is 0. The Bertz CT molecular complexity index is 639. The number of benzene rings is 1. The van der Waals surface area contributed by atoms with E-state index in [4.69, 9.17) is 5.73 Å². The Hall–Kier alpha value is -2.04. The van der Waals surface area contributed by atoms with Crippen LogP contribution in [-0.4, -0.2) is 34.1 Å². The molecular formula is C15H22N4O. The fraction of sp³-hybridized carbons (Fsp3) is 0.467. The van der Waals surface area contributed by atoms with Gasteiger partial charge in [-0.3, -0.25) is 9.89 Å². The van der Waals surface area contributed by atoms with Crippen molar-refractivity contribution < 1.29 is 4.79 Å². The number of amides is 1. The van der Waals surface area contributed by atoms with Gasteiger partial charge in [0.25, 0.3) is 5.91 Å². The first-order chi connectivity index (χ1) is 9.21. The molecule has 108 valence electrons. The van der Waals surface area contributed by atoms with Crippen LogP contribution in [-0.2, 0) is 0 Å². The van der Waals surface area contributed by atoms with E-state index in [1.54, 1.807) is 17.0 Å². The number of nitrogens with zero attached hydrogens (tertiary/aromatic N) is 2. The van der Waals surface area contributed by atoms with Crippen molar-refractivity contribution in [1.82, 2.24) is 15.1 Å². The Morgan fingerprint density at radius 1 is 1.40 bits per heavy atom. The van der Waals surface area contributed by atoms with Crippen LogP contribution in [0.1, 0.15) is 38.2 Å². The van der Waals surface area contributed by atoms with Gasteiger partial charge in [0.15, 0.2) is 5.69 Å². The molecule has 1 amide bonds. The topological polar surface area (TPSA) is 75.0 Å². The molecule has 1 aromatic heterocycles. The standard InChI is InChI=1S/C15H22N4O/c1-9(15(2,3)4)19(5)14(20)13-11-8-10(16)6-7-12(11)17-18-13/h6-9H,16H2,1-5H3,(H,17,18). The zero-order valence-electron chi connectivity index (χ0n) is 12.7. The molecule has 0 aliphatic heterocycles. The first kappa shape index (κ1) is 14.4. The number of anilines is 1. The Morgan fingerprint density at radius 3 is 2.65 bits per heavy atom. The highest BCUT2D eigenvalue weighted by molar-refractivity contribution is 6.05. The number of rotatable bonds is 2. The number of nitrogens with one attached hydrogen (secondary N) is 1. The quantitative estimate of drug-likeness (QED) is 0.827. The van der Waals surface area contributed by atoms with E-state index in [9.17, 15) is 4.79 Å². The number of nitrogens with two attached hydrogens (primary N) is 1. The molecule has 1 aromatic carbocycles. The highest BCUT2D eigenvalue weighted by atomic mass is 16.2. The number of nitrogen functional groups attached to an aromatic ring is 1. The second-order valence-corrected chi connectivity index (χ2v) is 6.34. The summed E-state index contributed by atoms with van der Waals surface area (Å²) in [5, 5.41) is 7.79. The lowest BCUT2D eigenvalue weighted by Crippen LogP contribution is -2.43. The maximum atomic E-state index is 12.6. The van der Waals surface area contributed by atoms with Gasteiger partial charge in [0, 0.05) is 24.2 Å². The Balaban J connectivity index is 2.39. The summed E-state index contributed by atoms with van der Waals surface area (Å²) >= 11 is 0. The van der Waals surface area contributed by atoms with Gasteiger partial charge in [-0.25, -0.2) is 0 Å². The molecule has 0 fully saturated rings. The number of aromatic nitrogens is 2. The van der Waals surface area contributed by atoms with Gasteiger partial charge in [0.1, 0.15) is 0 Å². The van der Waals surface area contributed by atoms with Crippen LogP contribution in [0.2, 0.25) is 0 Å². The fourth-order valence-electron chi connectivity index (χ4n) is 2.12. The first-order valence-electron chi connectivity index (χ1n) is 6.72. The van der Waals surface area contributed by atoms with E-state index in [1.165, 1.54) is 0 Å². The third-order valence-corrected chi connectivity index (χ3v) is 3.94. The lowest BCUT2D eigenvalue weighted by atomic mass is 9.87. The highest BCUT2D eigenvalue weighted by Crippen LogP contribution is 2.26. The number of hydrogen-bond acceptors (Lipinski definition) is 3. The molecule has 0 radical (unpaired) electrons. The number of fused-ring (bicyclic) bond motifs is 1. The molecular weight excluding hydrogens is 252 g/mol. The molecule has 2 aromatic rings. The summed E-state index contributed by atoms with van der Waals surface area (Å²) < 4.78 is 0. The van der Waals surface area contributed by atoms with Crippen LogP contribution in [0.25, 0.3) is 10.9 Å². The highest BCUT2D eigenvalue weighted by Gasteiger charge is 2.29. The third-order valence-electron chi connectivity index (χ3n) is 3.94. The lowest BCUT2D eigenvalue weighted by Gasteiger charge is -2.35. The third kappa shape index (κ3) is 2.48. The van der Waals surface area contributed by atoms with Gasteiger partial charge in [-0.2, -0.15) is 5.10 Å². The van der Waals surface area contributed by atoms with Crippen LogP contribution in [0.4, 0.5) is 5.69 Å². The Kier molecular flexibility index (Phi) is 3.46. The van der Waals surface area contributed by atoms with Gasteiger partial charge in [0.2, 0.25) is 0 Å². The number of carbonyl (C=O) groups excluding carboxylic acids is 1. The molecule has 3 N–H and O–H groups in total. The number of aromatic amines is 1. The van der Waals surface area contributed by atoms with E-state index in [0.29, 0.717) is 11.4 Å². The van der Waals surface area contributed by atoms with Crippen LogP contribution < -0.4 is 5.73 Å². The van der Waals surface area contributed by atoms with Gasteiger partial charge in [-0.05, 0) is 30.5 Å². The SMILES string of the molecule is CC(N(C)C(=O)c1n[nH]c2ccc(N)cc12)C(C)(C)C. The summed E-state index contributed by atoms with van der Waals surface area (Å²) in [6.45, 7) is 8.38. The van der Waals surface area contributed by atoms with Gasteiger partial charge >= 0.3 is 0 Å². The second-order valence-electron chi connectivity index (χ2n) is 6.34. The molecule has 0 spiro atoms. The molecule has 1 atom stereocenters. The lowest BCUT2D eigenvalue weighted by molar-refractivity contribution is 0.0625. The van der Waals surface area contributed by atoms with Crippen molar-refractivity contribution in [3.63, 3.8) is 0 Å². The monoisotopic (exact) mass is 274 g/mol. The Labute approximate surface area is 119 Å². The summed E-state index contributed by atoms with van der Waals surface area (Å²) in [5.41, 5.74) is 7.67. The van der Waals surface area contributed by atoms with Gasteiger partial charge in [0.05, 0.1) is 5.52 Å². The zero-order chi connectivity index (χ0) is 15.1. The largest absolute Gasteiger partial charge is 0.399 e. The van der Waals surface area contributed by atoms with Crippen molar-refractivity contribution in [1.29, 1.82) is 0 Å². The summed E-state index contributed by atoms with van der Waals surface area (Å²) in [6, 6.07) is 5.50. The van der Waals surface area contributed by atoms with E-state index in [1.807, 2.05) is 20.0 Å². The second kappa shape index (κ2) is 4.81. The molecule has 0 aliphatic carbocycles. The summed E-state index contributed by atoms with van der Waals surface area (Å²) in [7, 11) is 1.81. The zero-order valence-corrected chi connectivity index (χ0v) is 12.7. The minimum Gasteiger partial charge on any atom is -0.399 e. The molecule has 0 aliphatic rings. The van der Waals surface area contributed by atoms with E-state index in [0.717, 1.165) is 10.9 Å². The van der Waals surface area contributed by atoms with Crippen LogP contribution in [0.5, 0.6) is 0 Å². The van der Waals surface area contributed by atoms with Crippen LogP contribution in [0, 0.1) is 5.41 Å². The molecule has 20 heavy (non-hydrogen) atoms. The Morgan fingerprint density at radius 2 is 2.05 bits per heavy atom. The van der Waals surface area contributed by atoms with Gasteiger partial charge in [-0.15, -0.1) is 0 Å². The van der Waals surface area contributed by atoms with Gasteiger partial charge < -0.3 is 10.6 Å². The van der Waals surface area contributed by atoms with E-state index >= 15 is 0 Å². The molecule has 0 saturated carbocycles. The number of H-pyrrole nitrogens is 1. The average Bonchev–Trinajstić information content (AvgIpc) is 2.77. The van der Waals surface area contributed by atoms with Crippen molar-refractivity contribution in [3.8, 4) is 0 Å². The van der Waals surface area contributed by atoms with Crippen LogP contribution in [0.15, 0.2) is 18.2 Å². The smallest absolute Gasteiger partial charge is 0.274 e. The molecule has 5 heteroatoms. The minimum absolute atomic E-state index is 0.00947. The molecule has 2 rings (SSSR count). The van der Waals surface area contributed by atoms with Crippen molar-refractivity contribution >= 4 is 22.5 Å². The number of hydrogen-bond donors (Lipinski definition) is 2. The number of carbonyl (C=O) groups is 1. The molecule has 1 unspecified atom stereocenters. The average molecular weight is 274 g/mol. The summed E-state index contributed by atoms with van der Waals surface area (Å²) in [4.78, 5) is 14.4. The van der Waals surface area contributed by atoms with E-state index < -0.39 is 0 Å². The molecule has 0 saturated heterocycles. The van der Waals surface area contributed by atoms with Gasteiger partial charge in [-0.1, -0.05) is 20.8 Å². The molecule has 0 bridgehead atoms. The normalized spacial score (nSPS) is 13.4. The van der Waals surface area contributed by atoms with Crippen LogP contribution in [0.3, 0.4) is 0 Å². The van der Waals surface area contributed by atoms with Crippen molar-refractivity contribution in [2.45, 2.75) is 33.7 Å². The van der Waals surface area contributed by atoms with E-state index in [2.05, 4.69) is 31.0 Å². The maximum absolute atomic E-state index is 12.6. The predicted molar refractivity (Wildman–Crippen MR) is 81.5 cm³/mol. The summed E-state index contributed by atoms with van der Waals surface area (Å²) in [5.74, 6) is -0.0933. The molecule has 5 nitrogen and oxygen atoms in total. The molecule has 1 heterocycles. The first-order valence-corrected chi connectivity index (χ1v) is 6.72. The van der Waals surface area contributed by atoms with Crippen molar-refractivity contribution in [2.24, 2.45) is 5.41 Å². The maximum Gasteiger partial charge on any atom is 0.274 e. The fourth-order valence-corrected chi connectivity index (χ4v) is 2.12. The van der Waals surface area contributed by atoms with Crippen molar-refractivity contribution in [2.75, 3.05) is 12.8 Å². The van der Waals surface area contributed by atoms with Crippen LogP contribution >= 0.6 is 0 Å². The van der Waals surface area contributed by atoms with Crippen molar-refractivity contribution in [3.05, 3.63) is 23.9 Å². The minimum atomic E-state index is -0.0933.